The number of aliphatic imine (C=N–C) groups is 1. The first kappa shape index (κ1) is 18.7. The summed E-state index contributed by atoms with van der Waals surface area (Å²) in [6.07, 6.45) is 0.591. The SMILES string of the molecule is Cc1cc(=O)oc2c(C3=Nc4ccccc4SC(c4ccccc4)C3)c(O)ccc12. The Morgan fingerprint density at radius 2 is 1.80 bits per heavy atom. The summed E-state index contributed by atoms with van der Waals surface area (Å²) in [7, 11) is 0. The lowest BCUT2D eigenvalue weighted by Gasteiger charge is -2.17. The van der Waals surface area contributed by atoms with Gasteiger partial charge in [0.05, 0.1) is 17.0 Å². The Hall–Kier alpha value is -3.31. The molecule has 5 rings (SSSR count). The molecule has 0 aliphatic carbocycles. The molecule has 0 bridgehead atoms. The van der Waals surface area contributed by atoms with Gasteiger partial charge in [-0.05, 0) is 42.3 Å². The number of aryl methyl sites for hydroxylation is 1. The Labute approximate surface area is 177 Å². The summed E-state index contributed by atoms with van der Waals surface area (Å²) in [6, 6.07) is 23.2. The molecule has 1 aromatic heterocycles. The van der Waals surface area contributed by atoms with Crippen molar-refractivity contribution in [3.05, 3.63) is 99.9 Å². The zero-order chi connectivity index (χ0) is 20.7. The van der Waals surface area contributed by atoms with E-state index in [2.05, 4.69) is 18.2 Å². The van der Waals surface area contributed by atoms with E-state index in [-0.39, 0.29) is 11.0 Å². The Morgan fingerprint density at radius 1 is 1.03 bits per heavy atom. The maximum Gasteiger partial charge on any atom is 0.336 e. The maximum absolute atomic E-state index is 12.1. The van der Waals surface area contributed by atoms with Gasteiger partial charge in [-0.2, -0.15) is 0 Å². The lowest BCUT2D eigenvalue weighted by molar-refractivity contribution is 0.471. The fourth-order valence-corrected chi connectivity index (χ4v) is 5.11. The monoisotopic (exact) mass is 413 g/mol. The quantitative estimate of drug-likeness (QED) is 0.400. The Kier molecular flexibility index (Phi) is 4.68. The van der Waals surface area contributed by atoms with Gasteiger partial charge in [-0.15, -0.1) is 11.8 Å². The first-order valence-corrected chi connectivity index (χ1v) is 10.6. The summed E-state index contributed by atoms with van der Waals surface area (Å²) in [4.78, 5) is 18.1. The molecule has 0 spiro atoms. The topological polar surface area (TPSA) is 62.8 Å². The average molecular weight is 413 g/mol. The van der Waals surface area contributed by atoms with E-state index >= 15 is 0 Å². The summed E-state index contributed by atoms with van der Waals surface area (Å²) in [5.74, 6) is 0.0613. The van der Waals surface area contributed by atoms with E-state index in [1.165, 1.54) is 11.6 Å². The van der Waals surface area contributed by atoms with Crippen LogP contribution in [0.4, 0.5) is 5.69 Å². The molecule has 30 heavy (non-hydrogen) atoms. The van der Waals surface area contributed by atoms with Crippen LogP contribution in [-0.2, 0) is 0 Å². The number of phenols is 1. The molecule has 4 aromatic rings. The van der Waals surface area contributed by atoms with Gasteiger partial charge in [0.25, 0.3) is 0 Å². The van der Waals surface area contributed by atoms with Crippen molar-refractivity contribution in [1.82, 2.24) is 0 Å². The van der Waals surface area contributed by atoms with Crippen molar-refractivity contribution in [2.45, 2.75) is 23.5 Å². The summed E-state index contributed by atoms with van der Waals surface area (Å²) < 4.78 is 5.57. The smallest absolute Gasteiger partial charge is 0.336 e. The summed E-state index contributed by atoms with van der Waals surface area (Å²) >= 11 is 1.76. The van der Waals surface area contributed by atoms with Gasteiger partial charge < -0.3 is 9.52 Å². The number of thioether (sulfide) groups is 1. The molecule has 0 saturated carbocycles. The van der Waals surface area contributed by atoms with Crippen molar-refractivity contribution in [2.75, 3.05) is 0 Å². The molecule has 5 heteroatoms. The van der Waals surface area contributed by atoms with Gasteiger partial charge in [0, 0.05) is 28.0 Å². The first-order valence-electron chi connectivity index (χ1n) is 9.75. The predicted molar refractivity (Wildman–Crippen MR) is 121 cm³/mol. The van der Waals surface area contributed by atoms with E-state index in [1.807, 2.05) is 43.3 Å². The largest absolute Gasteiger partial charge is 0.507 e. The fourth-order valence-electron chi connectivity index (χ4n) is 3.87. The van der Waals surface area contributed by atoms with Crippen molar-refractivity contribution in [2.24, 2.45) is 4.99 Å². The van der Waals surface area contributed by atoms with Crippen LogP contribution in [0.25, 0.3) is 11.0 Å². The van der Waals surface area contributed by atoms with Crippen molar-refractivity contribution >= 4 is 34.1 Å². The van der Waals surface area contributed by atoms with Crippen molar-refractivity contribution in [3.63, 3.8) is 0 Å². The minimum atomic E-state index is -0.435. The number of hydrogen-bond donors (Lipinski definition) is 1. The number of para-hydroxylation sites is 1. The predicted octanol–water partition coefficient (Wildman–Crippen LogP) is 6.16. The molecular formula is C25H19NO3S. The lowest BCUT2D eigenvalue weighted by Crippen LogP contribution is -2.08. The van der Waals surface area contributed by atoms with Crippen molar-refractivity contribution in [1.29, 1.82) is 0 Å². The van der Waals surface area contributed by atoms with Gasteiger partial charge in [-0.25, -0.2) is 4.79 Å². The minimum Gasteiger partial charge on any atom is -0.507 e. The number of benzene rings is 3. The third-order valence-corrected chi connectivity index (χ3v) is 6.65. The van der Waals surface area contributed by atoms with E-state index < -0.39 is 5.63 Å². The van der Waals surface area contributed by atoms with E-state index in [1.54, 1.807) is 23.9 Å². The number of fused-ring (bicyclic) bond motifs is 2. The highest BCUT2D eigenvalue weighted by Crippen LogP contribution is 2.46. The van der Waals surface area contributed by atoms with E-state index in [0.717, 1.165) is 21.5 Å². The van der Waals surface area contributed by atoms with Gasteiger partial charge in [-0.1, -0.05) is 42.5 Å². The molecule has 0 fully saturated rings. The first-order chi connectivity index (χ1) is 14.6. The Balaban J connectivity index is 1.76. The standard InChI is InChI=1S/C25H19NO3S/c1-15-13-23(28)29-25-17(15)11-12-20(27)24(25)19-14-22(16-7-3-2-4-8-16)30-21-10-6-5-9-18(21)26-19/h2-13,22,27H,14H2,1H3. The summed E-state index contributed by atoms with van der Waals surface area (Å²) in [6.45, 7) is 1.87. The second kappa shape index (κ2) is 7.50. The molecule has 0 radical (unpaired) electrons. The highest BCUT2D eigenvalue weighted by Gasteiger charge is 2.26. The van der Waals surface area contributed by atoms with Crippen LogP contribution in [-0.4, -0.2) is 10.8 Å². The second-order valence-corrected chi connectivity index (χ2v) is 8.58. The molecule has 1 aliphatic rings. The molecular weight excluding hydrogens is 394 g/mol. The van der Waals surface area contributed by atoms with Crippen molar-refractivity contribution < 1.29 is 9.52 Å². The highest BCUT2D eigenvalue weighted by atomic mass is 32.2. The molecule has 1 aliphatic heterocycles. The Bertz CT molecular complexity index is 1340. The highest BCUT2D eigenvalue weighted by molar-refractivity contribution is 7.99. The van der Waals surface area contributed by atoms with Gasteiger partial charge >= 0.3 is 5.63 Å². The van der Waals surface area contributed by atoms with E-state index in [0.29, 0.717) is 23.3 Å². The van der Waals surface area contributed by atoms with Gasteiger partial charge in [-0.3, -0.25) is 4.99 Å². The van der Waals surface area contributed by atoms with Crippen LogP contribution in [0, 0.1) is 6.92 Å². The molecule has 2 heterocycles. The van der Waals surface area contributed by atoms with Crippen LogP contribution >= 0.6 is 11.8 Å². The molecule has 0 amide bonds. The average Bonchev–Trinajstić information content (AvgIpc) is 2.93. The number of phenolic OH excluding ortho intramolecular Hbond substituents is 1. The normalized spacial score (nSPS) is 16.0. The molecule has 4 nitrogen and oxygen atoms in total. The molecule has 0 saturated heterocycles. The van der Waals surface area contributed by atoms with Crippen LogP contribution in [0.15, 0.2) is 91.9 Å². The van der Waals surface area contributed by atoms with E-state index in [4.69, 9.17) is 9.41 Å². The molecule has 1 atom stereocenters. The molecule has 1 N–H and O–H groups in total. The number of aromatic hydroxyl groups is 1. The van der Waals surface area contributed by atoms with Crippen LogP contribution in [0.3, 0.4) is 0 Å². The van der Waals surface area contributed by atoms with Gasteiger partial charge in [0.15, 0.2) is 5.58 Å². The zero-order valence-corrected chi connectivity index (χ0v) is 17.1. The van der Waals surface area contributed by atoms with Gasteiger partial charge in [0.2, 0.25) is 0 Å². The molecule has 3 aromatic carbocycles. The third-order valence-electron chi connectivity index (χ3n) is 5.33. The maximum atomic E-state index is 12.1. The zero-order valence-electron chi connectivity index (χ0n) is 16.3. The number of rotatable bonds is 2. The number of hydrogen-bond acceptors (Lipinski definition) is 5. The lowest BCUT2D eigenvalue weighted by atomic mass is 9.97. The third kappa shape index (κ3) is 3.31. The van der Waals surface area contributed by atoms with Crippen LogP contribution in [0.1, 0.15) is 28.4 Å². The van der Waals surface area contributed by atoms with Crippen LogP contribution in [0.5, 0.6) is 5.75 Å². The summed E-state index contributed by atoms with van der Waals surface area (Å²) in [5, 5.41) is 11.7. The van der Waals surface area contributed by atoms with Gasteiger partial charge in [0.1, 0.15) is 5.75 Å². The van der Waals surface area contributed by atoms with Crippen LogP contribution < -0.4 is 5.63 Å². The van der Waals surface area contributed by atoms with Crippen LogP contribution in [0.2, 0.25) is 0 Å². The second-order valence-electron chi connectivity index (χ2n) is 7.33. The van der Waals surface area contributed by atoms with E-state index in [9.17, 15) is 9.90 Å². The fraction of sp³-hybridized carbons (Fsp3) is 0.120. The number of nitrogens with zero attached hydrogens (tertiary/aromatic N) is 1. The van der Waals surface area contributed by atoms with Crippen molar-refractivity contribution in [3.8, 4) is 5.75 Å². The summed E-state index contributed by atoms with van der Waals surface area (Å²) in [5.41, 5.74) is 3.99. The minimum absolute atomic E-state index is 0.0613. The molecule has 1 unspecified atom stereocenters. The molecule has 148 valence electrons. The Morgan fingerprint density at radius 3 is 2.63 bits per heavy atom.